The third-order valence-electron chi connectivity index (χ3n) is 2.54. The Bertz CT molecular complexity index is 461. The highest BCUT2D eigenvalue weighted by atomic mass is 32.2. The van der Waals surface area contributed by atoms with Crippen molar-refractivity contribution in [3.63, 3.8) is 0 Å². The molecule has 1 rings (SSSR count). The zero-order chi connectivity index (χ0) is 13.7. The summed E-state index contributed by atoms with van der Waals surface area (Å²) >= 11 is 1.43. The van der Waals surface area contributed by atoms with Gasteiger partial charge in [0.25, 0.3) is 5.69 Å². The molecule has 0 aromatic heterocycles. The van der Waals surface area contributed by atoms with Crippen LogP contribution >= 0.6 is 11.8 Å². The number of methoxy groups -OCH3 is 1. The van der Waals surface area contributed by atoms with E-state index in [0.717, 1.165) is 4.90 Å². The first-order valence-corrected chi connectivity index (χ1v) is 6.40. The minimum Gasteiger partial charge on any atom is -0.469 e. The van der Waals surface area contributed by atoms with E-state index in [4.69, 9.17) is 0 Å². The molecule has 0 fully saturated rings. The zero-order valence-corrected chi connectivity index (χ0v) is 11.3. The van der Waals surface area contributed by atoms with E-state index >= 15 is 0 Å². The average molecular weight is 269 g/mol. The van der Waals surface area contributed by atoms with Gasteiger partial charge in [0, 0.05) is 22.3 Å². The third-order valence-corrected chi connectivity index (χ3v) is 3.96. The minimum atomic E-state index is -0.400. The van der Waals surface area contributed by atoms with Gasteiger partial charge in [0.05, 0.1) is 18.0 Å². The molecule has 1 unspecified atom stereocenters. The molecule has 1 aromatic carbocycles. The number of ether oxygens (including phenoxy) is 1. The Balaban J connectivity index is 2.77. The lowest BCUT2D eigenvalue weighted by molar-refractivity contribution is -0.385. The van der Waals surface area contributed by atoms with Gasteiger partial charge in [-0.05, 0) is 13.0 Å². The van der Waals surface area contributed by atoms with Crippen LogP contribution in [0, 0.1) is 23.0 Å². The molecule has 1 aromatic rings. The summed E-state index contributed by atoms with van der Waals surface area (Å²) in [7, 11) is 1.35. The van der Waals surface area contributed by atoms with E-state index in [-0.39, 0.29) is 17.6 Å². The Morgan fingerprint density at radius 1 is 1.56 bits per heavy atom. The average Bonchev–Trinajstić information content (AvgIpc) is 2.35. The lowest BCUT2D eigenvalue weighted by Crippen LogP contribution is -2.14. The van der Waals surface area contributed by atoms with Gasteiger partial charge < -0.3 is 4.74 Å². The van der Waals surface area contributed by atoms with Gasteiger partial charge in [0.2, 0.25) is 0 Å². The summed E-state index contributed by atoms with van der Waals surface area (Å²) in [6.07, 6.45) is 0. The van der Waals surface area contributed by atoms with Gasteiger partial charge in [0.1, 0.15) is 0 Å². The van der Waals surface area contributed by atoms with Crippen molar-refractivity contribution in [3.05, 3.63) is 33.9 Å². The lowest BCUT2D eigenvalue weighted by Gasteiger charge is -2.10. The van der Waals surface area contributed by atoms with Gasteiger partial charge in [-0.2, -0.15) is 0 Å². The fraction of sp³-hybridized carbons (Fsp3) is 0.417. The Morgan fingerprint density at radius 3 is 2.78 bits per heavy atom. The van der Waals surface area contributed by atoms with E-state index in [9.17, 15) is 14.9 Å². The predicted molar refractivity (Wildman–Crippen MR) is 69.7 cm³/mol. The summed E-state index contributed by atoms with van der Waals surface area (Å²) < 4.78 is 4.63. The number of hydrogen-bond acceptors (Lipinski definition) is 5. The highest BCUT2D eigenvalue weighted by Crippen LogP contribution is 2.30. The molecule has 18 heavy (non-hydrogen) atoms. The van der Waals surface area contributed by atoms with Crippen LogP contribution in [0.5, 0.6) is 0 Å². The van der Waals surface area contributed by atoms with Crippen LogP contribution in [0.4, 0.5) is 5.69 Å². The van der Waals surface area contributed by atoms with Crippen molar-refractivity contribution in [1.82, 2.24) is 0 Å². The van der Waals surface area contributed by atoms with E-state index < -0.39 is 4.92 Å². The molecule has 0 aliphatic heterocycles. The summed E-state index contributed by atoms with van der Waals surface area (Å²) in [4.78, 5) is 22.5. The second-order valence-corrected chi connectivity index (χ2v) is 4.95. The molecule has 5 nitrogen and oxygen atoms in total. The summed E-state index contributed by atoms with van der Waals surface area (Å²) in [6, 6.07) is 4.94. The van der Waals surface area contributed by atoms with Crippen LogP contribution in [0.2, 0.25) is 0 Å². The number of nitrogens with zero attached hydrogens (tertiary/aromatic N) is 1. The molecule has 1 atom stereocenters. The van der Waals surface area contributed by atoms with Crippen molar-refractivity contribution >= 4 is 23.4 Å². The zero-order valence-electron chi connectivity index (χ0n) is 10.5. The number of hydrogen-bond donors (Lipinski definition) is 0. The van der Waals surface area contributed by atoms with Gasteiger partial charge in [-0.15, -0.1) is 11.8 Å². The molecule has 0 radical (unpaired) electrons. The first-order valence-electron chi connectivity index (χ1n) is 5.42. The molecule has 98 valence electrons. The molecule has 0 aliphatic carbocycles. The monoisotopic (exact) mass is 269 g/mol. The fourth-order valence-corrected chi connectivity index (χ4v) is 2.50. The van der Waals surface area contributed by atoms with Crippen LogP contribution in [0.25, 0.3) is 0 Å². The van der Waals surface area contributed by atoms with E-state index in [1.165, 1.54) is 24.9 Å². The summed E-state index contributed by atoms with van der Waals surface area (Å²) in [5.74, 6) is 0.0264. The molecular formula is C12H15NO4S. The van der Waals surface area contributed by atoms with Gasteiger partial charge in [-0.3, -0.25) is 14.9 Å². The number of nitro benzene ring substituents is 1. The highest BCUT2D eigenvalue weighted by Gasteiger charge is 2.17. The largest absolute Gasteiger partial charge is 0.469 e. The van der Waals surface area contributed by atoms with Crippen molar-refractivity contribution in [2.75, 3.05) is 12.9 Å². The lowest BCUT2D eigenvalue weighted by atomic mass is 10.2. The Hall–Kier alpha value is -1.56. The topological polar surface area (TPSA) is 69.4 Å². The van der Waals surface area contributed by atoms with Crippen LogP contribution in [-0.2, 0) is 9.53 Å². The molecular weight excluding hydrogens is 254 g/mol. The van der Waals surface area contributed by atoms with Gasteiger partial charge in [0.15, 0.2) is 0 Å². The maximum absolute atomic E-state index is 11.2. The van der Waals surface area contributed by atoms with Crippen molar-refractivity contribution in [3.8, 4) is 0 Å². The van der Waals surface area contributed by atoms with E-state index in [2.05, 4.69) is 4.74 Å². The van der Waals surface area contributed by atoms with E-state index in [1.54, 1.807) is 19.9 Å². The second kappa shape index (κ2) is 6.39. The number of esters is 1. The predicted octanol–water partition coefficient (Wildman–Crippen LogP) is 2.80. The van der Waals surface area contributed by atoms with E-state index in [0.29, 0.717) is 11.3 Å². The molecule has 0 bridgehead atoms. The smallest absolute Gasteiger partial charge is 0.309 e. The Labute approximate surface area is 110 Å². The number of benzene rings is 1. The first-order chi connectivity index (χ1) is 8.47. The van der Waals surface area contributed by atoms with Crippen LogP contribution in [0.3, 0.4) is 0 Å². The van der Waals surface area contributed by atoms with Crippen LogP contribution in [-0.4, -0.2) is 23.8 Å². The maximum atomic E-state index is 11.2. The number of nitro groups is 1. The molecule has 0 heterocycles. The third kappa shape index (κ3) is 3.46. The number of carbonyl (C=O) groups is 1. The van der Waals surface area contributed by atoms with Crippen LogP contribution in [0.15, 0.2) is 23.1 Å². The normalized spacial score (nSPS) is 11.9. The molecule has 0 aliphatic rings. The van der Waals surface area contributed by atoms with Crippen LogP contribution < -0.4 is 0 Å². The maximum Gasteiger partial charge on any atom is 0.309 e. The standard InChI is InChI=1S/C12H15NO4S/c1-8(12(14)17-3)7-18-11-6-4-5-10(9(11)2)13(15)16/h4-6,8H,7H2,1-3H3. The number of carbonyl (C=O) groups excluding carboxylic acids is 1. The van der Waals surface area contributed by atoms with Crippen molar-refractivity contribution in [2.24, 2.45) is 5.92 Å². The summed E-state index contributed by atoms with van der Waals surface area (Å²) in [5, 5.41) is 10.8. The summed E-state index contributed by atoms with van der Waals surface area (Å²) in [6.45, 7) is 3.48. The SMILES string of the molecule is COC(=O)C(C)CSc1cccc([N+](=O)[O-])c1C. The molecule has 6 heteroatoms. The van der Waals surface area contributed by atoms with Gasteiger partial charge in [-0.25, -0.2) is 0 Å². The highest BCUT2D eigenvalue weighted by molar-refractivity contribution is 7.99. The fourth-order valence-electron chi connectivity index (χ4n) is 1.44. The summed E-state index contributed by atoms with van der Waals surface area (Å²) in [5.41, 5.74) is 0.732. The van der Waals surface area contributed by atoms with Crippen LogP contribution in [0.1, 0.15) is 12.5 Å². The van der Waals surface area contributed by atoms with E-state index in [1.807, 2.05) is 6.07 Å². The van der Waals surface area contributed by atoms with Crippen molar-refractivity contribution in [2.45, 2.75) is 18.7 Å². The first kappa shape index (κ1) is 14.5. The van der Waals surface area contributed by atoms with Crippen molar-refractivity contribution in [1.29, 1.82) is 0 Å². The molecule has 0 N–H and O–H groups in total. The molecule has 0 amide bonds. The van der Waals surface area contributed by atoms with Crippen molar-refractivity contribution < 1.29 is 14.5 Å². The molecule has 0 spiro atoms. The quantitative estimate of drug-likeness (QED) is 0.356. The molecule has 0 saturated carbocycles. The number of thioether (sulfide) groups is 1. The molecule has 0 saturated heterocycles. The van der Waals surface area contributed by atoms with Gasteiger partial charge in [-0.1, -0.05) is 13.0 Å². The Kier molecular flexibility index (Phi) is 5.15. The second-order valence-electron chi connectivity index (χ2n) is 3.89. The minimum absolute atomic E-state index is 0.103. The Morgan fingerprint density at radius 2 is 2.22 bits per heavy atom. The van der Waals surface area contributed by atoms with Gasteiger partial charge >= 0.3 is 5.97 Å². The number of rotatable bonds is 5.